The van der Waals surface area contributed by atoms with E-state index < -0.39 is 11.8 Å². The van der Waals surface area contributed by atoms with Crippen LogP contribution in [0.5, 0.6) is 0 Å². The van der Waals surface area contributed by atoms with Gasteiger partial charge in [-0.05, 0) is 99.8 Å². The molecule has 8 rings (SSSR count). The minimum Gasteiger partial charge on any atom is -0.305 e. The zero-order valence-corrected chi connectivity index (χ0v) is 36.9. The standard InChI is InChI=1S/C55H54N2.Ir/c1-39-33-41(17-16-40-18-20-44(21-19-40)52-15-9-12-32-56-52)35-46(34-39)50-14-8-7-13-49(50)42-22-24-45(25-23-42)53-36-51(47(38-57-53)37-54(2,3)4)43-26-28-48(29-27-43)55(5)30-10-6-11-31-55;/h7-9,12-15,18-20,22-24,26-29,32-36,38H,6,10-11,16-17,30-31,37H2,1-5H3;/q-2;/i37D2;. The maximum Gasteiger partial charge on any atom is 0.0322 e. The quantitative estimate of drug-likeness (QED) is 0.128. The van der Waals surface area contributed by atoms with Gasteiger partial charge < -0.3 is 9.97 Å². The first-order valence-corrected chi connectivity index (χ1v) is 20.6. The van der Waals surface area contributed by atoms with E-state index in [1.54, 1.807) is 6.20 Å². The van der Waals surface area contributed by atoms with Gasteiger partial charge >= 0.3 is 0 Å². The Kier molecular flexibility index (Phi) is 11.9. The summed E-state index contributed by atoms with van der Waals surface area (Å²) in [6, 6.07) is 52.2. The van der Waals surface area contributed by atoms with E-state index >= 15 is 0 Å². The molecular formula is C55H54IrN2-2. The third-order valence-electron chi connectivity index (χ3n) is 11.6. The summed E-state index contributed by atoms with van der Waals surface area (Å²) >= 11 is 0. The smallest absolute Gasteiger partial charge is 0.0322 e. The van der Waals surface area contributed by atoms with Gasteiger partial charge in [-0.3, -0.25) is 0 Å². The van der Waals surface area contributed by atoms with Gasteiger partial charge in [0, 0.05) is 35.2 Å². The average Bonchev–Trinajstić information content (AvgIpc) is 3.26. The summed E-state index contributed by atoms with van der Waals surface area (Å²) in [5.74, 6) is 0. The molecule has 3 heteroatoms. The Balaban J connectivity index is 0.00000544. The molecule has 0 N–H and O–H groups in total. The van der Waals surface area contributed by atoms with E-state index in [2.05, 4.69) is 140 Å². The molecule has 0 unspecified atom stereocenters. The molecule has 0 aliphatic heterocycles. The molecule has 58 heavy (non-hydrogen) atoms. The van der Waals surface area contributed by atoms with Crippen molar-refractivity contribution in [2.24, 2.45) is 5.41 Å². The topological polar surface area (TPSA) is 25.8 Å². The molecule has 1 fully saturated rings. The van der Waals surface area contributed by atoms with Crippen molar-refractivity contribution in [2.75, 3.05) is 0 Å². The molecule has 295 valence electrons. The molecule has 2 heterocycles. The molecule has 1 aliphatic rings. The van der Waals surface area contributed by atoms with Gasteiger partial charge in [0.25, 0.3) is 0 Å². The number of benzene rings is 5. The SMILES string of the molecule is [2H]C([2H])(c1cnc(-c2[c-]cc(-c3ccccc3-c3cc(C)cc(CCc4c[c-]c(-c5ccccn5)cc4)c3)cc2)cc1-c1ccc(C2(C)CCCCC2)cc1)C(C)(C)C.[Ir]. The first-order chi connectivity index (χ1) is 28.4. The summed E-state index contributed by atoms with van der Waals surface area (Å²) < 4.78 is 18.5. The minimum atomic E-state index is -1.60. The fraction of sp³-hybridized carbons (Fsp3) is 0.273. The zero-order valence-electron chi connectivity index (χ0n) is 36.5. The molecule has 0 atom stereocenters. The van der Waals surface area contributed by atoms with Gasteiger partial charge in [0.2, 0.25) is 0 Å². The fourth-order valence-electron chi connectivity index (χ4n) is 8.50. The molecule has 1 radical (unpaired) electrons. The average molecular weight is 937 g/mol. The molecule has 0 bridgehead atoms. The Labute approximate surface area is 363 Å². The Morgan fingerprint density at radius 1 is 0.638 bits per heavy atom. The van der Waals surface area contributed by atoms with Crippen molar-refractivity contribution >= 4 is 0 Å². The van der Waals surface area contributed by atoms with Crippen LogP contribution in [0.2, 0.25) is 0 Å². The van der Waals surface area contributed by atoms with E-state index in [0.29, 0.717) is 5.56 Å². The van der Waals surface area contributed by atoms with Gasteiger partial charge in [0.15, 0.2) is 0 Å². The molecule has 1 saturated carbocycles. The summed E-state index contributed by atoms with van der Waals surface area (Å²) in [5, 5.41) is 0. The number of pyridine rings is 2. The maximum absolute atomic E-state index is 9.27. The first kappa shape index (κ1) is 38.6. The van der Waals surface area contributed by atoms with Gasteiger partial charge in [-0.25, -0.2) is 0 Å². The van der Waals surface area contributed by atoms with Crippen molar-refractivity contribution in [1.82, 2.24) is 9.97 Å². The largest absolute Gasteiger partial charge is 0.305 e. The van der Waals surface area contributed by atoms with Crippen LogP contribution >= 0.6 is 0 Å². The van der Waals surface area contributed by atoms with Crippen molar-refractivity contribution in [3.8, 4) is 55.9 Å². The molecule has 2 nitrogen and oxygen atoms in total. The van der Waals surface area contributed by atoms with Crippen LogP contribution in [-0.2, 0) is 44.7 Å². The van der Waals surface area contributed by atoms with Crippen LogP contribution in [0.15, 0.2) is 140 Å². The number of nitrogens with zero attached hydrogens (tertiary/aromatic N) is 2. The predicted molar refractivity (Wildman–Crippen MR) is 239 cm³/mol. The van der Waals surface area contributed by atoms with Crippen molar-refractivity contribution in [1.29, 1.82) is 0 Å². The second kappa shape index (κ2) is 17.9. The Hall–Kier alpha value is -4.95. The number of hydrogen-bond acceptors (Lipinski definition) is 2. The van der Waals surface area contributed by atoms with Crippen LogP contribution in [0.4, 0.5) is 0 Å². The van der Waals surface area contributed by atoms with Crippen LogP contribution in [0.25, 0.3) is 55.9 Å². The normalized spacial score (nSPS) is 14.6. The van der Waals surface area contributed by atoms with Gasteiger partial charge in [0.05, 0.1) is 0 Å². The van der Waals surface area contributed by atoms with Crippen molar-refractivity contribution in [3.05, 3.63) is 180 Å². The Bertz CT molecular complexity index is 2530. The van der Waals surface area contributed by atoms with Crippen molar-refractivity contribution < 1.29 is 22.8 Å². The fourth-order valence-corrected chi connectivity index (χ4v) is 8.50. The monoisotopic (exact) mass is 937 g/mol. The van der Waals surface area contributed by atoms with Gasteiger partial charge in [-0.15, -0.1) is 65.2 Å². The third kappa shape index (κ3) is 9.66. The van der Waals surface area contributed by atoms with Crippen molar-refractivity contribution in [3.63, 3.8) is 0 Å². The van der Waals surface area contributed by atoms with Crippen LogP contribution in [0.1, 0.15) is 90.4 Å². The summed E-state index contributed by atoms with van der Waals surface area (Å²) in [6.07, 6.45) is 10.2. The Morgan fingerprint density at radius 2 is 1.31 bits per heavy atom. The van der Waals surface area contributed by atoms with Crippen LogP contribution in [0, 0.1) is 24.5 Å². The van der Waals surface area contributed by atoms with E-state index in [1.807, 2.05) is 45.2 Å². The molecule has 0 amide bonds. The molecule has 0 spiro atoms. The van der Waals surface area contributed by atoms with Gasteiger partial charge in [-0.1, -0.05) is 155 Å². The second-order valence-electron chi connectivity index (χ2n) is 17.3. The molecule has 7 aromatic rings. The minimum absolute atomic E-state index is 0. The number of aromatic nitrogens is 2. The molecular weight excluding hydrogens is 881 g/mol. The number of hydrogen-bond donors (Lipinski definition) is 0. The Morgan fingerprint density at radius 3 is 1.98 bits per heavy atom. The van der Waals surface area contributed by atoms with Crippen LogP contribution in [-0.4, -0.2) is 9.97 Å². The van der Waals surface area contributed by atoms with E-state index in [0.717, 1.165) is 57.6 Å². The predicted octanol–water partition coefficient (Wildman–Crippen LogP) is 14.3. The van der Waals surface area contributed by atoms with Crippen LogP contribution < -0.4 is 0 Å². The maximum atomic E-state index is 9.27. The number of rotatable bonds is 10. The summed E-state index contributed by atoms with van der Waals surface area (Å²) in [5.41, 5.74) is 15.5. The van der Waals surface area contributed by atoms with Crippen LogP contribution in [0.3, 0.4) is 0 Å². The van der Waals surface area contributed by atoms with E-state index in [-0.39, 0.29) is 25.5 Å². The van der Waals surface area contributed by atoms with Crippen molar-refractivity contribution in [2.45, 2.75) is 91.4 Å². The van der Waals surface area contributed by atoms with E-state index in [9.17, 15) is 2.74 Å². The van der Waals surface area contributed by atoms with E-state index in [1.165, 1.54) is 65.5 Å². The molecule has 5 aromatic carbocycles. The number of aryl methyl sites for hydroxylation is 3. The third-order valence-corrected chi connectivity index (χ3v) is 11.6. The zero-order chi connectivity index (χ0) is 41.2. The molecule has 2 aromatic heterocycles. The first-order valence-electron chi connectivity index (χ1n) is 21.6. The second-order valence-corrected chi connectivity index (χ2v) is 17.3. The van der Waals surface area contributed by atoms with Gasteiger partial charge in [-0.2, -0.15) is 0 Å². The molecule has 0 saturated heterocycles. The summed E-state index contributed by atoms with van der Waals surface area (Å²) in [4.78, 5) is 9.35. The summed E-state index contributed by atoms with van der Waals surface area (Å²) in [7, 11) is 0. The van der Waals surface area contributed by atoms with E-state index in [4.69, 9.17) is 4.98 Å². The summed E-state index contributed by atoms with van der Waals surface area (Å²) in [6.45, 7) is 10.5. The molecule has 1 aliphatic carbocycles. The van der Waals surface area contributed by atoms with Gasteiger partial charge in [0.1, 0.15) is 0 Å².